The van der Waals surface area contributed by atoms with E-state index < -0.39 is 0 Å². The predicted octanol–water partition coefficient (Wildman–Crippen LogP) is 2.82. The highest BCUT2D eigenvalue weighted by Gasteiger charge is 2.20. The summed E-state index contributed by atoms with van der Waals surface area (Å²) >= 11 is 7.67. The summed E-state index contributed by atoms with van der Waals surface area (Å²) in [6.45, 7) is 8.01. The maximum atomic E-state index is 12.0. The van der Waals surface area contributed by atoms with Crippen LogP contribution in [0, 0.1) is 6.92 Å². The maximum absolute atomic E-state index is 12.0. The van der Waals surface area contributed by atoms with Crippen molar-refractivity contribution in [2.45, 2.75) is 19.9 Å². The monoisotopic (exact) mass is 437 g/mol. The predicted molar refractivity (Wildman–Crippen MR) is 118 cm³/mol. The van der Waals surface area contributed by atoms with Crippen molar-refractivity contribution in [1.82, 2.24) is 20.4 Å². The SMILES string of the molecule is CN=C(NCCCNC(=O)c1occc1C)N1CCN(Cc2ccc(Cl)s2)CC1. The van der Waals surface area contributed by atoms with Gasteiger partial charge in [0.25, 0.3) is 5.91 Å². The summed E-state index contributed by atoms with van der Waals surface area (Å²) in [5.74, 6) is 1.13. The number of amides is 1. The van der Waals surface area contributed by atoms with E-state index in [1.807, 2.05) is 20.0 Å². The molecule has 3 heterocycles. The van der Waals surface area contributed by atoms with Crippen LogP contribution in [0.2, 0.25) is 4.34 Å². The zero-order chi connectivity index (χ0) is 20.6. The minimum Gasteiger partial charge on any atom is -0.459 e. The number of rotatable bonds is 7. The van der Waals surface area contributed by atoms with E-state index in [-0.39, 0.29) is 5.91 Å². The van der Waals surface area contributed by atoms with Gasteiger partial charge in [0.05, 0.1) is 10.6 Å². The van der Waals surface area contributed by atoms with Crippen molar-refractivity contribution in [2.24, 2.45) is 4.99 Å². The van der Waals surface area contributed by atoms with Gasteiger partial charge >= 0.3 is 0 Å². The van der Waals surface area contributed by atoms with Gasteiger partial charge in [-0.1, -0.05) is 11.6 Å². The number of guanidine groups is 1. The molecule has 2 N–H and O–H groups in total. The molecule has 2 aromatic rings. The Hall–Kier alpha value is -2.03. The third-order valence-electron chi connectivity index (χ3n) is 4.88. The Morgan fingerprint density at radius 3 is 2.59 bits per heavy atom. The molecule has 0 radical (unpaired) electrons. The molecule has 0 aromatic carbocycles. The summed E-state index contributed by atoms with van der Waals surface area (Å²) in [5, 5.41) is 6.28. The second-order valence-corrected chi connectivity index (χ2v) is 8.78. The third kappa shape index (κ3) is 6.22. The highest BCUT2D eigenvalue weighted by Crippen LogP contribution is 2.23. The molecule has 9 heteroatoms. The molecule has 1 amide bonds. The van der Waals surface area contributed by atoms with Crippen molar-refractivity contribution in [2.75, 3.05) is 46.3 Å². The molecule has 0 bridgehead atoms. The maximum Gasteiger partial charge on any atom is 0.287 e. The first-order valence-electron chi connectivity index (χ1n) is 9.81. The van der Waals surface area contributed by atoms with Crippen molar-refractivity contribution in [1.29, 1.82) is 0 Å². The van der Waals surface area contributed by atoms with E-state index in [0.717, 1.165) is 61.5 Å². The number of hydrogen-bond acceptors (Lipinski definition) is 5. The van der Waals surface area contributed by atoms with Gasteiger partial charge in [0.2, 0.25) is 0 Å². The smallest absolute Gasteiger partial charge is 0.287 e. The minimum atomic E-state index is -0.167. The van der Waals surface area contributed by atoms with Crippen LogP contribution in [0.5, 0.6) is 0 Å². The molecule has 0 atom stereocenters. The fourth-order valence-corrected chi connectivity index (χ4v) is 4.41. The molecule has 0 saturated carbocycles. The number of furan rings is 1. The Morgan fingerprint density at radius 2 is 1.97 bits per heavy atom. The van der Waals surface area contributed by atoms with E-state index in [4.69, 9.17) is 16.0 Å². The van der Waals surface area contributed by atoms with Gasteiger partial charge in [0.15, 0.2) is 11.7 Å². The second-order valence-electron chi connectivity index (χ2n) is 6.99. The quantitative estimate of drug-likeness (QED) is 0.396. The lowest BCUT2D eigenvalue weighted by Gasteiger charge is -2.36. The summed E-state index contributed by atoms with van der Waals surface area (Å²) in [6, 6.07) is 5.85. The van der Waals surface area contributed by atoms with E-state index in [2.05, 4.69) is 31.5 Å². The number of thiophene rings is 1. The second kappa shape index (κ2) is 10.7. The molecule has 0 unspecified atom stereocenters. The van der Waals surface area contributed by atoms with E-state index in [9.17, 15) is 4.79 Å². The number of nitrogens with zero attached hydrogens (tertiary/aromatic N) is 3. The average Bonchev–Trinajstić information content (AvgIpc) is 3.33. The van der Waals surface area contributed by atoms with Crippen LogP contribution < -0.4 is 10.6 Å². The minimum absolute atomic E-state index is 0.167. The summed E-state index contributed by atoms with van der Waals surface area (Å²) in [7, 11) is 1.81. The van der Waals surface area contributed by atoms with Crippen molar-refractivity contribution in [3.63, 3.8) is 0 Å². The molecule has 158 valence electrons. The molecule has 2 aromatic heterocycles. The number of aliphatic imine (C=N–C) groups is 1. The van der Waals surface area contributed by atoms with E-state index >= 15 is 0 Å². The van der Waals surface area contributed by atoms with Crippen molar-refractivity contribution in [3.05, 3.63) is 45.0 Å². The van der Waals surface area contributed by atoms with Crippen LogP contribution in [-0.4, -0.2) is 68.0 Å². The first kappa shape index (κ1) is 21.7. The zero-order valence-corrected chi connectivity index (χ0v) is 18.5. The van der Waals surface area contributed by atoms with Gasteiger partial charge in [-0.15, -0.1) is 11.3 Å². The fraction of sp³-hybridized carbons (Fsp3) is 0.500. The van der Waals surface area contributed by atoms with Crippen LogP contribution >= 0.6 is 22.9 Å². The highest BCUT2D eigenvalue weighted by atomic mass is 35.5. The van der Waals surface area contributed by atoms with E-state index in [0.29, 0.717) is 12.3 Å². The first-order valence-corrected chi connectivity index (χ1v) is 11.0. The van der Waals surface area contributed by atoms with E-state index in [1.54, 1.807) is 17.4 Å². The summed E-state index contributed by atoms with van der Waals surface area (Å²) < 4.78 is 6.05. The number of halogens is 1. The number of piperazine rings is 1. The van der Waals surface area contributed by atoms with Gasteiger partial charge in [-0.3, -0.25) is 14.7 Å². The topological polar surface area (TPSA) is 73.1 Å². The van der Waals surface area contributed by atoms with Gasteiger partial charge in [-0.25, -0.2) is 0 Å². The highest BCUT2D eigenvalue weighted by molar-refractivity contribution is 7.16. The standard InChI is InChI=1S/C20H28ClN5O2S/c1-15-6-13-28-18(15)19(27)23-7-3-8-24-20(22-2)26-11-9-25(10-12-26)14-16-4-5-17(21)29-16/h4-6,13H,3,7-12,14H2,1-2H3,(H,22,24)(H,23,27). The summed E-state index contributed by atoms with van der Waals surface area (Å²) in [4.78, 5) is 22.5. The molecule has 29 heavy (non-hydrogen) atoms. The van der Waals surface area contributed by atoms with Crippen molar-refractivity contribution in [3.8, 4) is 0 Å². The van der Waals surface area contributed by atoms with Gasteiger partial charge in [-0.05, 0) is 31.5 Å². The van der Waals surface area contributed by atoms with Crippen molar-refractivity contribution < 1.29 is 9.21 Å². The molecule has 0 spiro atoms. The Kier molecular flexibility index (Phi) is 7.97. The third-order valence-corrected chi connectivity index (χ3v) is 6.10. The molecular formula is C20H28ClN5O2S. The summed E-state index contributed by atoms with van der Waals surface area (Å²) in [5.41, 5.74) is 0.849. The number of aryl methyl sites for hydroxylation is 1. The fourth-order valence-electron chi connectivity index (χ4n) is 3.28. The Balaban J connectivity index is 1.33. The number of carbonyl (C=O) groups is 1. The lowest BCUT2D eigenvalue weighted by molar-refractivity contribution is 0.0925. The molecular weight excluding hydrogens is 410 g/mol. The molecule has 0 aliphatic carbocycles. The largest absolute Gasteiger partial charge is 0.459 e. The van der Waals surface area contributed by atoms with Crippen molar-refractivity contribution >= 4 is 34.8 Å². The van der Waals surface area contributed by atoms with Gasteiger partial charge in [0.1, 0.15) is 0 Å². The Morgan fingerprint density at radius 1 is 1.21 bits per heavy atom. The normalized spacial score (nSPS) is 15.6. The average molecular weight is 438 g/mol. The lowest BCUT2D eigenvalue weighted by Crippen LogP contribution is -2.52. The molecule has 1 saturated heterocycles. The Labute approximate surface area is 180 Å². The zero-order valence-electron chi connectivity index (χ0n) is 16.9. The first-order chi connectivity index (χ1) is 14.1. The summed E-state index contributed by atoms with van der Waals surface area (Å²) in [6.07, 6.45) is 2.34. The number of nitrogens with one attached hydrogen (secondary N) is 2. The van der Waals surface area contributed by atoms with Crippen LogP contribution in [0.3, 0.4) is 0 Å². The van der Waals surface area contributed by atoms with Crippen LogP contribution in [0.15, 0.2) is 33.9 Å². The molecule has 7 nitrogen and oxygen atoms in total. The van der Waals surface area contributed by atoms with E-state index in [1.165, 1.54) is 11.1 Å². The number of hydrogen-bond donors (Lipinski definition) is 2. The number of carbonyl (C=O) groups excluding carboxylic acids is 1. The van der Waals surface area contributed by atoms with Crippen LogP contribution in [0.4, 0.5) is 0 Å². The molecule has 1 fully saturated rings. The molecule has 1 aliphatic rings. The van der Waals surface area contributed by atoms with Crippen LogP contribution in [0.1, 0.15) is 27.4 Å². The molecule has 1 aliphatic heterocycles. The van der Waals surface area contributed by atoms with Gasteiger partial charge in [-0.2, -0.15) is 0 Å². The van der Waals surface area contributed by atoms with Gasteiger partial charge in [0, 0.05) is 63.3 Å². The van der Waals surface area contributed by atoms with Crippen LogP contribution in [0.25, 0.3) is 0 Å². The lowest BCUT2D eigenvalue weighted by atomic mass is 10.2. The Bertz CT molecular complexity index is 826. The van der Waals surface area contributed by atoms with Gasteiger partial charge < -0.3 is 20.0 Å². The van der Waals surface area contributed by atoms with Crippen LogP contribution in [-0.2, 0) is 6.54 Å². The molecule has 3 rings (SSSR count).